The lowest BCUT2D eigenvalue weighted by molar-refractivity contribution is -0.384. The van der Waals surface area contributed by atoms with E-state index < -0.39 is 0 Å². The van der Waals surface area contributed by atoms with Crippen molar-refractivity contribution < 1.29 is 9.66 Å². The van der Waals surface area contributed by atoms with E-state index in [9.17, 15) is 10.1 Å². The summed E-state index contributed by atoms with van der Waals surface area (Å²) < 4.78 is 6.62. The van der Waals surface area contributed by atoms with Crippen LogP contribution in [-0.2, 0) is 11.3 Å². The predicted octanol–water partition coefficient (Wildman–Crippen LogP) is 2.17. The van der Waals surface area contributed by atoms with Gasteiger partial charge in [0.2, 0.25) is 0 Å². The third kappa shape index (κ3) is 1.01. The maximum atomic E-state index is 10.8. The Morgan fingerprint density at radius 2 is 1.96 bits per heavy atom. The van der Waals surface area contributed by atoms with Gasteiger partial charge in [0.1, 0.15) is 5.72 Å². The molecule has 5 nitrogen and oxygen atoms in total. The Bertz CT molecular complexity index is 754. The first-order valence-corrected chi connectivity index (χ1v) is 8.87. The summed E-state index contributed by atoms with van der Waals surface area (Å²) in [5.74, 6) is 7.05. The van der Waals surface area contributed by atoms with Crippen molar-refractivity contribution in [2.75, 3.05) is 0 Å². The van der Waals surface area contributed by atoms with E-state index in [1.165, 1.54) is 6.42 Å². The van der Waals surface area contributed by atoms with Gasteiger partial charge >= 0.3 is 0 Å². The van der Waals surface area contributed by atoms with E-state index in [-0.39, 0.29) is 16.3 Å². The molecule has 4 bridgehead atoms. The second kappa shape index (κ2) is 3.33. The molecule has 0 unspecified atom stereocenters. The quantitative estimate of drug-likeness (QED) is 0.684. The molecule has 1 aromatic carbocycles. The second-order valence-electron chi connectivity index (χ2n) is 8.58. The highest BCUT2D eigenvalue weighted by molar-refractivity contribution is 5.39. The van der Waals surface area contributed by atoms with Crippen LogP contribution in [0, 0.1) is 57.5 Å². The molecule has 7 fully saturated rings. The van der Waals surface area contributed by atoms with E-state index in [1.807, 2.05) is 12.1 Å². The van der Waals surface area contributed by atoms with Crippen molar-refractivity contribution in [1.82, 2.24) is 5.32 Å². The van der Waals surface area contributed by atoms with E-state index in [0.29, 0.717) is 6.10 Å². The van der Waals surface area contributed by atoms with Crippen LogP contribution in [0.25, 0.3) is 0 Å². The van der Waals surface area contributed by atoms with Gasteiger partial charge in [-0.3, -0.25) is 15.4 Å². The largest absolute Gasteiger partial charge is 0.356 e. The highest BCUT2D eigenvalue weighted by Crippen LogP contribution is 2.89. The van der Waals surface area contributed by atoms with E-state index >= 15 is 0 Å². The summed E-state index contributed by atoms with van der Waals surface area (Å²) in [5.41, 5.74) is 1.21. The number of nitrogens with one attached hydrogen (secondary N) is 1. The zero-order valence-corrected chi connectivity index (χ0v) is 12.6. The third-order valence-electron chi connectivity index (χ3n) is 8.42. The number of non-ortho nitro benzene ring substituents is 1. The number of benzene rings is 1. The summed E-state index contributed by atoms with van der Waals surface area (Å²) in [6.07, 6.45) is 2.02. The van der Waals surface area contributed by atoms with Gasteiger partial charge in [0.15, 0.2) is 0 Å². The highest BCUT2D eigenvalue weighted by atomic mass is 16.6. The Kier molecular flexibility index (Phi) is 1.73. The summed E-state index contributed by atoms with van der Waals surface area (Å²) in [4.78, 5) is 10.4. The molecule has 0 aromatic heterocycles. The Morgan fingerprint density at radius 3 is 2.74 bits per heavy atom. The van der Waals surface area contributed by atoms with E-state index in [2.05, 4.69) is 5.32 Å². The third-order valence-corrected chi connectivity index (χ3v) is 8.42. The summed E-state index contributed by atoms with van der Waals surface area (Å²) in [6.45, 7) is 0.756. The minimum atomic E-state index is -0.342. The van der Waals surface area contributed by atoms with Crippen molar-refractivity contribution in [1.29, 1.82) is 0 Å². The molecule has 2 heterocycles. The van der Waals surface area contributed by atoms with Crippen LogP contribution >= 0.6 is 0 Å². The zero-order chi connectivity index (χ0) is 15.1. The van der Waals surface area contributed by atoms with E-state index in [4.69, 9.17) is 4.74 Å². The van der Waals surface area contributed by atoms with Crippen molar-refractivity contribution in [3.63, 3.8) is 0 Å². The van der Waals surface area contributed by atoms with Crippen LogP contribution < -0.4 is 5.32 Å². The first-order chi connectivity index (χ1) is 11.2. The van der Waals surface area contributed by atoms with Gasteiger partial charge in [-0.05, 0) is 47.5 Å². The lowest BCUT2D eigenvalue weighted by Gasteiger charge is -2.46. The van der Waals surface area contributed by atoms with Crippen LogP contribution in [0.5, 0.6) is 0 Å². The number of nitrogens with zero attached hydrogens (tertiary/aromatic N) is 1. The molecule has 1 aromatic rings. The predicted molar refractivity (Wildman–Crippen MR) is 80.1 cm³/mol. The molecule has 23 heavy (non-hydrogen) atoms. The molecule has 8 rings (SSSR count). The Morgan fingerprint density at radius 1 is 1.13 bits per heavy atom. The molecular weight excluding hydrogens is 292 g/mol. The number of ether oxygens (including phenoxy) is 1. The Hall–Kier alpha value is -1.46. The monoisotopic (exact) mass is 310 g/mol. The van der Waals surface area contributed by atoms with Gasteiger partial charge in [0.05, 0.1) is 11.0 Å². The van der Waals surface area contributed by atoms with Crippen LogP contribution in [-0.4, -0.2) is 16.8 Å². The van der Waals surface area contributed by atoms with Gasteiger partial charge in [-0.15, -0.1) is 0 Å². The minimum Gasteiger partial charge on any atom is -0.356 e. The number of nitro groups is 1. The van der Waals surface area contributed by atoms with Crippen LogP contribution in [0.15, 0.2) is 24.3 Å². The lowest BCUT2D eigenvalue weighted by Crippen LogP contribution is -2.56. The summed E-state index contributed by atoms with van der Waals surface area (Å²) in [7, 11) is 0. The molecule has 2 saturated heterocycles. The number of hydrogen-bond acceptors (Lipinski definition) is 4. The van der Waals surface area contributed by atoms with E-state index in [1.54, 1.807) is 12.1 Å². The second-order valence-corrected chi connectivity index (χ2v) is 8.58. The van der Waals surface area contributed by atoms with Gasteiger partial charge in [0.25, 0.3) is 5.69 Å². The molecule has 118 valence electrons. The molecule has 0 radical (unpaired) electrons. The standard InChI is InChI=1S/C18H18N2O3/c21-20(22)8-3-1-7(2-4-8)6-19-18-15-10-5-9-11-12(10)16(18)14(11)17(23-18)13(9)15/h1-4,9-17,19H,5-6H2/t9-,10+,11-,12+,13+,14+,15-,16+,17-,18+/m0/s1. The minimum absolute atomic E-state index is 0.0567. The first-order valence-electron chi connectivity index (χ1n) is 8.87. The molecule has 5 aliphatic carbocycles. The van der Waals surface area contributed by atoms with Crippen molar-refractivity contribution in [2.24, 2.45) is 47.3 Å². The van der Waals surface area contributed by atoms with Crippen LogP contribution in [0.2, 0.25) is 0 Å². The summed E-state index contributed by atoms with van der Waals surface area (Å²) in [6, 6.07) is 6.93. The lowest BCUT2D eigenvalue weighted by atomic mass is 9.59. The molecule has 2 aliphatic heterocycles. The zero-order valence-electron chi connectivity index (χ0n) is 12.6. The molecule has 10 atom stereocenters. The summed E-state index contributed by atoms with van der Waals surface area (Å²) >= 11 is 0. The van der Waals surface area contributed by atoms with Gasteiger partial charge < -0.3 is 4.74 Å². The molecular formula is C18H18N2O3. The fourth-order valence-electron chi connectivity index (χ4n) is 8.27. The topological polar surface area (TPSA) is 64.4 Å². The molecule has 0 amide bonds. The molecule has 5 heteroatoms. The van der Waals surface area contributed by atoms with Crippen molar-refractivity contribution in [3.8, 4) is 0 Å². The van der Waals surface area contributed by atoms with Crippen LogP contribution in [0.3, 0.4) is 0 Å². The Labute approximate surface area is 133 Å². The fourth-order valence-corrected chi connectivity index (χ4v) is 8.27. The Balaban J connectivity index is 1.19. The molecule has 5 saturated carbocycles. The first kappa shape index (κ1) is 12.0. The average molecular weight is 310 g/mol. The highest BCUT2D eigenvalue weighted by Gasteiger charge is 2.92. The number of hydrogen-bond donors (Lipinski definition) is 1. The smallest absolute Gasteiger partial charge is 0.269 e. The van der Waals surface area contributed by atoms with Crippen LogP contribution in [0.1, 0.15) is 12.0 Å². The maximum absolute atomic E-state index is 10.8. The van der Waals surface area contributed by atoms with Gasteiger partial charge in [-0.1, -0.05) is 12.1 Å². The number of nitro benzene ring substituents is 1. The maximum Gasteiger partial charge on any atom is 0.269 e. The SMILES string of the molecule is O=[N+]([O-])c1ccc(CN[C@]23O[C@@H]4[C@@H]5[C@H]6[C@@H]7C[C@H]([C@H]6[C@H]52)[C@H]3[C@@H]74)cc1. The van der Waals surface area contributed by atoms with Gasteiger partial charge in [0, 0.05) is 30.5 Å². The number of rotatable bonds is 4. The molecule has 0 spiro atoms. The van der Waals surface area contributed by atoms with Gasteiger partial charge in [-0.2, -0.15) is 0 Å². The van der Waals surface area contributed by atoms with Crippen molar-refractivity contribution in [3.05, 3.63) is 39.9 Å². The van der Waals surface area contributed by atoms with Gasteiger partial charge in [-0.25, -0.2) is 0 Å². The summed E-state index contributed by atoms with van der Waals surface area (Å²) in [5, 5.41) is 14.6. The van der Waals surface area contributed by atoms with Crippen molar-refractivity contribution in [2.45, 2.75) is 24.8 Å². The molecule has 1 N–H and O–H groups in total. The average Bonchev–Trinajstić information content (AvgIpc) is 3.18. The normalized spacial score (nSPS) is 57.7. The molecule has 7 aliphatic rings. The fraction of sp³-hybridized carbons (Fsp3) is 0.667. The van der Waals surface area contributed by atoms with Crippen LogP contribution in [0.4, 0.5) is 5.69 Å². The van der Waals surface area contributed by atoms with E-state index in [0.717, 1.165) is 59.5 Å². The van der Waals surface area contributed by atoms with Crippen molar-refractivity contribution >= 4 is 5.69 Å².